The predicted molar refractivity (Wildman–Crippen MR) is 80.8 cm³/mol. The van der Waals surface area contributed by atoms with E-state index in [4.69, 9.17) is 0 Å². The van der Waals surface area contributed by atoms with Crippen molar-refractivity contribution in [1.82, 2.24) is 5.32 Å². The Balaban J connectivity index is 1.78. The number of methoxy groups -OCH3 is 1. The summed E-state index contributed by atoms with van der Waals surface area (Å²) in [5.74, 6) is 1.27. The number of rotatable bonds is 6. The van der Waals surface area contributed by atoms with Crippen molar-refractivity contribution in [3.63, 3.8) is 0 Å². The molecule has 0 bridgehead atoms. The zero-order valence-electron chi connectivity index (χ0n) is 12.5. The summed E-state index contributed by atoms with van der Waals surface area (Å²) >= 11 is 0. The van der Waals surface area contributed by atoms with E-state index in [1.165, 1.54) is 20.0 Å². The van der Waals surface area contributed by atoms with Crippen LogP contribution < -0.4 is 10.6 Å². The number of alkyl carbamates (subject to hydrolysis) is 1. The van der Waals surface area contributed by atoms with Gasteiger partial charge in [-0.05, 0) is 42.4 Å². The normalized spacial score (nSPS) is 15.1. The smallest absolute Gasteiger partial charge is 0.407 e. The molecule has 0 heterocycles. The van der Waals surface area contributed by atoms with E-state index in [1.807, 2.05) is 24.3 Å². The van der Waals surface area contributed by atoms with Crippen molar-refractivity contribution < 1.29 is 14.3 Å². The number of anilines is 1. The standard InChI is InChI=1S/C16H22N2O3/c1-11(13-5-6-13)9-15(19)18-14-7-3-12(4-8-14)10-17-16(20)21-2/h3-4,7-8,11,13H,5-6,9-10H2,1-2H3,(H,17,20)(H,18,19)/t11-/m0/s1. The number of amides is 2. The molecule has 0 saturated heterocycles. The maximum absolute atomic E-state index is 11.9. The Bertz CT molecular complexity index is 495. The van der Waals surface area contributed by atoms with Gasteiger partial charge in [0.25, 0.3) is 0 Å². The maximum Gasteiger partial charge on any atom is 0.407 e. The molecule has 0 aliphatic heterocycles. The van der Waals surface area contributed by atoms with Gasteiger partial charge in [0.15, 0.2) is 0 Å². The summed E-state index contributed by atoms with van der Waals surface area (Å²) in [6.45, 7) is 2.54. The molecule has 1 aliphatic carbocycles. The Morgan fingerprint density at radius 2 is 1.95 bits per heavy atom. The molecule has 5 nitrogen and oxygen atoms in total. The topological polar surface area (TPSA) is 67.4 Å². The third-order valence-electron chi connectivity index (χ3n) is 3.79. The molecule has 2 amide bonds. The lowest BCUT2D eigenvalue weighted by atomic mass is 10.0. The molecule has 2 N–H and O–H groups in total. The van der Waals surface area contributed by atoms with Crippen LogP contribution in [0.2, 0.25) is 0 Å². The predicted octanol–water partition coefficient (Wildman–Crippen LogP) is 2.92. The molecule has 1 aliphatic rings. The van der Waals surface area contributed by atoms with Gasteiger partial charge < -0.3 is 15.4 Å². The Morgan fingerprint density at radius 1 is 1.29 bits per heavy atom. The number of hydrogen-bond acceptors (Lipinski definition) is 3. The second-order valence-electron chi connectivity index (χ2n) is 5.61. The van der Waals surface area contributed by atoms with Crippen LogP contribution in [0.15, 0.2) is 24.3 Å². The zero-order valence-corrected chi connectivity index (χ0v) is 12.5. The van der Waals surface area contributed by atoms with E-state index in [2.05, 4.69) is 22.3 Å². The van der Waals surface area contributed by atoms with Gasteiger partial charge >= 0.3 is 6.09 Å². The van der Waals surface area contributed by atoms with Gasteiger partial charge in [-0.1, -0.05) is 19.1 Å². The van der Waals surface area contributed by atoms with Crippen LogP contribution in [0, 0.1) is 11.8 Å². The van der Waals surface area contributed by atoms with Crippen molar-refractivity contribution in [3.05, 3.63) is 29.8 Å². The average molecular weight is 290 g/mol. The Kier molecular flexibility index (Phi) is 5.20. The fraction of sp³-hybridized carbons (Fsp3) is 0.500. The summed E-state index contributed by atoms with van der Waals surface area (Å²) in [6.07, 6.45) is 2.64. The van der Waals surface area contributed by atoms with Crippen molar-refractivity contribution in [2.24, 2.45) is 11.8 Å². The van der Waals surface area contributed by atoms with Crippen molar-refractivity contribution in [1.29, 1.82) is 0 Å². The minimum absolute atomic E-state index is 0.0647. The van der Waals surface area contributed by atoms with Crippen molar-refractivity contribution in [3.8, 4) is 0 Å². The molecule has 0 aromatic heterocycles. The summed E-state index contributed by atoms with van der Waals surface area (Å²) in [4.78, 5) is 22.9. The summed E-state index contributed by atoms with van der Waals surface area (Å²) in [7, 11) is 1.33. The lowest BCUT2D eigenvalue weighted by Gasteiger charge is -2.11. The molecule has 1 atom stereocenters. The summed E-state index contributed by atoms with van der Waals surface area (Å²) in [6, 6.07) is 7.42. The Labute approximate surface area is 125 Å². The van der Waals surface area contributed by atoms with Gasteiger partial charge in [0.05, 0.1) is 7.11 Å². The van der Waals surface area contributed by atoms with Gasteiger partial charge in [-0.15, -0.1) is 0 Å². The van der Waals surface area contributed by atoms with Crippen molar-refractivity contribution in [2.75, 3.05) is 12.4 Å². The van der Waals surface area contributed by atoms with Crippen LogP contribution in [0.5, 0.6) is 0 Å². The first-order valence-electron chi connectivity index (χ1n) is 7.29. The quantitative estimate of drug-likeness (QED) is 0.846. The zero-order chi connectivity index (χ0) is 15.2. The molecule has 2 rings (SSSR count). The lowest BCUT2D eigenvalue weighted by Crippen LogP contribution is -2.22. The average Bonchev–Trinajstić information content (AvgIpc) is 3.30. The monoisotopic (exact) mass is 290 g/mol. The van der Waals surface area contributed by atoms with E-state index in [0.29, 0.717) is 18.9 Å². The molecule has 0 radical (unpaired) electrons. The van der Waals surface area contributed by atoms with Gasteiger partial charge in [-0.25, -0.2) is 4.79 Å². The first kappa shape index (κ1) is 15.4. The summed E-state index contributed by atoms with van der Waals surface area (Å²) in [5, 5.41) is 5.51. The molecular weight excluding hydrogens is 268 g/mol. The van der Waals surface area contributed by atoms with Gasteiger partial charge in [-0.3, -0.25) is 4.79 Å². The Morgan fingerprint density at radius 3 is 2.52 bits per heavy atom. The fourth-order valence-electron chi connectivity index (χ4n) is 2.29. The fourth-order valence-corrected chi connectivity index (χ4v) is 2.29. The van der Waals surface area contributed by atoms with Crippen LogP contribution in [-0.4, -0.2) is 19.1 Å². The van der Waals surface area contributed by atoms with Crippen LogP contribution >= 0.6 is 0 Å². The number of benzene rings is 1. The van der Waals surface area contributed by atoms with Crippen LogP contribution in [0.25, 0.3) is 0 Å². The Hall–Kier alpha value is -2.04. The molecule has 0 spiro atoms. The van der Waals surface area contributed by atoms with Crippen LogP contribution in [0.3, 0.4) is 0 Å². The number of hydrogen-bond donors (Lipinski definition) is 2. The van der Waals surface area contributed by atoms with E-state index in [-0.39, 0.29) is 5.91 Å². The minimum Gasteiger partial charge on any atom is -0.453 e. The van der Waals surface area contributed by atoms with Crippen LogP contribution in [-0.2, 0) is 16.1 Å². The number of carbonyl (C=O) groups excluding carboxylic acids is 2. The lowest BCUT2D eigenvalue weighted by molar-refractivity contribution is -0.117. The van der Waals surface area contributed by atoms with Crippen molar-refractivity contribution >= 4 is 17.7 Å². The molecule has 1 fully saturated rings. The van der Waals surface area contributed by atoms with Crippen LogP contribution in [0.1, 0.15) is 31.7 Å². The minimum atomic E-state index is -0.457. The van der Waals surface area contributed by atoms with Crippen LogP contribution in [0.4, 0.5) is 10.5 Å². The molecule has 5 heteroatoms. The van der Waals surface area contributed by atoms with Gasteiger partial charge in [0.2, 0.25) is 5.91 Å². The van der Waals surface area contributed by atoms with Gasteiger partial charge in [0, 0.05) is 18.7 Å². The largest absolute Gasteiger partial charge is 0.453 e. The number of carbonyl (C=O) groups is 2. The highest BCUT2D eigenvalue weighted by Crippen LogP contribution is 2.38. The molecule has 114 valence electrons. The summed E-state index contributed by atoms with van der Waals surface area (Å²) in [5.41, 5.74) is 1.73. The highest BCUT2D eigenvalue weighted by atomic mass is 16.5. The second kappa shape index (κ2) is 7.11. The highest BCUT2D eigenvalue weighted by Gasteiger charge is 2.29. The maximum atomic E-state index is 11.9. The van der Waals surface area contributed by atoms with Gasteiger partial charge in [-0.2, -0.15) is 0 Å². The van der Waals surface area contributed by atoms with E-state index in [1.54, 1.807) is 0 Å². The molecule has 0 unspecified atom stereocenters. The van der Waals surface area contributed by atoms with E-state index in [0.717, 1.165) is 17.2 Å². The van der Waals surface area contributed by atoms with Gasteiger partial charge in [0.1, 0.15) is 0 Å². The third kappa shape index (κ3) is 5.10. The molecular formula is C16H22N2O3. The third-order valence-corrected chi connectivity index (χ3v) is 3.79. The number of ether oxygens (including phenoxy) is 1. The second-order valence-corrected chi connectivity index (χ2v) is 5.61. The molecule has 1 aromatic carbocycles. The van der Waals surface area contributed by atoms with E-state index >= 15 is 0 Å². The van der Waals surface area contributed by atoms with E-state index in [9.17, 15) is 9.59 Å². The molecule has 1 saturated carbocycles. The SMILES string of the molecule is COC(=O)NCc1ccc(NC(=O)C[C@H](C)C2CC2)cc1. The molecule has 21 heavy (non-hydrogen) atoms. The molecule has 1 aromatic rings. The first-order chi connectivity index (χ1) is 10.1. The first-order valence-corrected chi connectivity index (χ1v) is 7.29. The van der Waals surface area contributed by atoms with E-state index < -0.39 is 6.09 Å². The number of nitrogens with one attached hydrogen (secondary N) is 2. The van der Waals surface area contributed by atoms with Crippen molar-refractivity contribution in [2.45, 2.75) is 32.7 Å². The highest BCUT2D eigenvalue weighted by molar-refractivity contribution is 5.90. The summed E-state index contributed by atoms with van der Waals surface area (Å²) < 4.78 is 4.50.